The molecule has 0 aromatic heterocycles. The maximum atomic E-state index is 12.9. The second kappa shape index (κ2) is 9.19. The van der Waals surface area contributed by atoms with E-state index in [1.807, 2.05) is 29.2 Å². The number of carbonyl (C=O) groups excluding carboxylic acids is 3. The van der Waals surface area contributed by atoms with Gasteiger partial charge >= 0.3 is 5.97 Å². The average molecular weight is 388 g/mol. The Balaban J connectivity index is 1.58. The van der Waals surface area contributed by atoms with Gasteiger partial charge in [0.1, 0.15) is 5.75 Å². The van der Waals surface area contributed by atoms with Gasteiger partial charge in [-0.3, -0.25) is 24.2 Å². The summed E-state index contributed by atoms with van der Waals surface area (Å²) < 4.78 is 10.3. The van der Waals surface area contributed by atoms with Crippen LogP contribution in [0.1, 0.15) is 31.7 Å². The van der Waals surface area contributed by atoms with Crippen molar-refractivity contribution in [2.24, 2.45) is 5.92 Å². The van der Waals surface area contributed by atoms with Crippen molar-refractivity contribution in [2.45, 2.75) is 38.6 Å². The molecule has 0 N–H and O–H groups in total. The van der Waals surface area contributed by atoms with E-state index in [4.69, 9.17) is 9.47 Å². The fraction of sp³-hybridized carbons (Fsp3) is 0.571. The number of hydrogen-bond acceptors (Lipinski definition) is 6. The summed E-state index contributed by atoms with van der Waals surface area (Å²) in [7, 11) is 1.61. The lowest BCUT2D eigenvalue weighted by molar-refractivity contribution is -0.151. The summed E-state index contributed by atoms with van der Waals surface area (Å²) in [5, 5.41) is 0. The number of amides is 2. The van der Waals surface area contributed by atoms with Crippen molar-refractivity contribution in [3.8, 4) is 5.75 Å². The third kappa shape index (κ3) is 4.52. The van der Waals surface area contributed by atoms with Crippen LogP contribution in [0.3, 0.4) is 0 Å². The predicted octanol–water partition coefficient (Wildman–Crippen LogP) is 1.64. The number of nitrogens with zero attached hydrogens (tertiary/aromatic N) is 2. The first-order chi connectivity index (χ1) is 13.5. The summed E-state index contributed by atoms with van der Waals surface area (Å²) in [6.07, 6.45) is 2.40. The number of likely N-dealkylation sites (tertiary alicyclic amines) is 2. The molecule has 2 heterocycles. The molecule has 2 aliphatic rings. The van der Waals surface area contributed by atoms with E-state index in [1.54, 1.807) is 14.0 Å². The Kier molecular flexibility index (Phi) is 6.67. The first kappa shape index (κ1) is 20.3. The molecule has 2 saturated heterocycles. The number of imide groups is 1. The molecule has 2 aliphatic heterocycles. The van der Waals surface area contributed by atoms with E-state index in [-0.39, 0.29) is 30.1 Å². The molecule has 0 aliphatic carbocycles. The topological polar surface area (TPSA) is 76.2 Å². The van der Waals surface area contributed by atoms with Gasteiger partial charge < -0.3 is 9.47 Å². The van der Waals surface area contributed by atoms with Gasteiger partial charge in [0.15, 0.2) is 0 Å². The van der Waals surface area contributed by atoms with Crippen LogP contribution in [-0.2, 0) is 25.5 Å². The predicted molar refractivity (Wildman–Crippen MR) is 103 cm³/mol. The largest absolute Gasteiger partial charge is 0.497 e. The van der Waals surface area contributed by atoms with Crippen LogP contribution in [0.2, 0.25) is 0 Å². The molecule has 28 heavy (non-hydrogen) atoms. The molecule has 1 aromatic rings. The zero-order valence-electron chi connectivity index (χ0n) is 16.6. The van der Waals surface area contributed by atoms with Gasteiger partial charge in [0.25, 0.3) is 0 Å². The lowest BCUT2D eigenvalue weighted by Crippen LogP contribution is -2.48. The molecule has 0 spiro atoms. The van der Waals surface area contributed by atoms with Crippen molar-refractivity contribution in [3.63, 3.8) is 0 Å². The molecule has 7 nitrogen and oxygen atoms in total. The van der Waals surface area contributed by atoms with E-state index >= 15 is 0 Å². The number of esters is 1. The van der Waals surface area contributed by atoms with E-state index in [0.717, 1.165) is 30.7 Å². The maximum Gasteiger partial charge on any atom is 0.310 e. The molecular formula is C21H28N2O5. The SMILES string of the molecule is CCOC(=O)[C@@H]1CCCN([C@H]2CC(=O)N(CCc3ccc(OC)cc3)C2=O)C1. The van der Waals surface area contributed by atoms with E-state index in [2.05, 4.69) is 0 Å². The Morgan fingerprint density at radius 2 is 1.96 bits per heavy atom. The van der Waals surface area contributed by atoms with Gasteiger partial charge in [-0.05, 0) is 50.4 Å². The minimum atomic E-state index is -0.458. The molecule has 0 saturated carbocycles. The normalized spacial score (nSPS) is 23.1. The second-order valence-electron chi connectivity index (χ2n) is 7.29. The smallest absolute Gasteiger partial charge is 0.310 e. The molecule has 7 heteroatoms. The highest BCUT2D eigenvalue weighted by Gasteiger charge is 2.43. The maximum absolute atomic E-state index is 12.9. The zero-order chi connectivity index (χ0) is 20.1. The number of hydrogen-bond donors (Lipinski definition) is 0. The number of carbonyl (C=O) groups is 3. The summed E-state index contributed by atoms with van der Waals surface area (Å²) >= 11 is 0. The summed E-state index contributed by atoms with van der Waals surface area (Å²) in [6.45, 7) is 3.73. The Morgan fingerprint density at radius 1 is 1.21 bits per heavy atom. The molecule has 2 amide bonds. The van der Waals surface area contributed by atoms with Crippen LogP contribution in [0.25, 0.3) is 0 Å². The molecule has 0 unspecified atom stereocenters. The minimum absolute atomic E-state index is 0.137. The molecule has 2 fully saturated rings. The summed E-state index contributed by atoms with van der Waals surface area (Å²) in [5.74, 6) is 0.0634. The van der Waals surface area contributed by atoms with Gasteiger partial charge in [-0.2, -0.15) is 0 Å². The third-order valence-corrected chi connectivity index (χ3v) is 5.52. The van der Waals surface area contributed by atoms with Crippen LogP contribution in [0, 0.1) is 5.92 Å². The number of methoxy groups -OCH3 is 1. The van der Waals surface area contributed by atoms with Gasteiger partial charge in [-0.1, -0.05) is 12.1 Å². The first-order valence-electron chi connectivity index (χ1n) is 9.91. The summed E-state index contributed by atoms with van der Waals surface area (Å²) in [6, 6.07) is 7.16. The quantitative estimate of drug-likeness (QED) is 0.522. The number of rotatable bonds is 7. The fourth-order valence-electron chi connectivity index (χ4n) is 3.96. The number of benzene rings is 1. The van der Waals surface area contributed by atoms with Gasteiger partial charge in [0.05, 0.1) is 32.1 Å². The number of ether oxygens (including phenoxy) is 2. The molecule has 152 valence electrons. The third-order valence-electron chi connectivity index (χ3n) is 5.52. The van der Waals surface area contributed by atoms with Crippen molar-refractivity contribution >= 4 is 17.8 Å². The molecule has 0 radical (unpaired) electrons. The average Bonchev–Trinajstić information content (AvgIpc) is 3.00. The van der Waals surface area contributed by atoms with Gasteiger partial charge in [0.2, 0.25) is 11.8 Å². The minimum Gasteiger partial charge on any atom is -0.497 e. The van der Waals surface area contributed by atoms with Gasteiger partial charge in [-0.25, -0.2) is 0 Å². The van der Waals surface area contributed by atoms with Crippen LogP contribution < -0.4 is 4.74 Å². The Bertz CT molecular complexity index is 718. The Labute approximate surface area is 165 Å². The monoisotopic (exact) mass is 388 g/mol. The lowest BCUT2D eigenvalue weighted by Gasteiger charge is -2.34. The summed E-state index contributed by atoms with van der Waals surface area (Å²) in [4.78, 5) is 40.7. The molecule has 2 atom stereocenters. The van der Waals surface area contributed by atoms with Gasteiger partial charge in [-0.15, -0.1) is 0 Å². The Hall–Kier alpha value is -2.41. The van der Waals surface area contributed by atoms with E-state index < -0.39 is 6.04 Å². The first-order valence-corrected chi connectivity index (χ1v) is 9.91. The van der Waals surface area contributed by atoms with Gasteiger partial charge in [0, 0.05) is 13.1 Å². The molecular weight excluding hydrogens is 360 g/mol. The van der Waals surface area contributed by atoms with Crippen molar-refractivity contribution < 1.29 is 23.9 Å². The van der Waals surface area contributed by atoms with E-state index in [9.17, 15) is 14.4 Å². The van der Waals surface area contributed by atoms with Crippen LogP contribution >= 0.6 is 0 Å². The summed E-state index contributed by atoms with van der Waals surface area (Å²) in [5.41, 5.74) is 1.05. The highest BCUT2D eigenvalue weighted by molar-refractivity contribution is 6.05. The van der Waals surface area contributed by atoms with Crippen LogP contribution in [-0.4, -0.2) is 67.0 Å². The molecule has 0 bridgehead atoms. The number of piperidine rings is 1. The van der Waals surface area contributed by atoms with E-state index in [1.165, 1.54) is 4.90 Å². The van der Waals surface area contributed by atoms with Crippen LogP contribution in [0.4, 0.5) is 0 Å². The van der Waals surface area contributed by atoms with Crippen molar-refractivity contribution in [3.05, 3.63) is 29.8 Å². The highest BCUT2D eigenvalue weighted by atomic mass is 16.5. The van der Waals surface area contributed by atoms with Crippen molar-refractivity contribution in [2.75, 3.05) is 33.4 Å². The Morgan fingerprint density at radius 3 is 2.64 bits per heavy atom. The van der Waals surface area contributed by atoms with Crippen molar-refractivity contribution in [1.82, 2.24) is 9.80 Å². The standard InChI is InChI=1S/C21H28N2O5/c1-3-28-21(26)16-5-4-11-22(14-16)18-13-19(24)23(20(18)25)12-10-15-6-8-17(27-2)9-7-15/h6-9,16,18H,3-5,10-14H2,1-2H3/t16-,18+/m1/s1. The highest BCUT2D eigenvalue weighted by Crippen LogP contribution is 2.26. The van der Waals surface area contributed by atoms with Crippen LogP contribution in [0.15, 0.2) is 24.3 Å². The molecule has 3 rings (SSSR count). The fourth-order valence-corrected chi connectivity index (χ4v) is 3.96. The van der Waals surface area contributed by atoms with E-state index in [0.29, 0.717) is 26.1 Å². The zero-order valence-corrected chi connectivity index (χ0v) is 16.6. The van der Waals surface area contributed by atoms with Crippen LogP contribution in [0.5, 0.6) is 5.75 Å². The lowest BCUT2D eigenvalue weighted by atomic mass is 9.96. The second-order valence-corrected chi connectivity index (χ2v) is 7.29. The molecule has 1 aromatic carbocycles. The van der Waals surface area contributed by atoms with Crippen molar-refractivity contribution in [1.29, 1.82) is 0 Å².